The minimum absolute atomic E-state index is 0.00204. The predicted molar refractivity (Wildman–Crippen MR) is 41.8 cm³/mol. The lowest BCUT2D eigenvalue weighted by atomic mass is 10.3. The molecule has 0 atom stereocenters. The summed E-state index contributed by atoms with van der Waals surface area (Å²) in [5, 5.41) is 8.66. The van der Waals surface area contributed by atoms with Crippen molar-refractivity contribution < 1.29 is 18.6 Å². The normalized spacial score (nSPS) is 10.5. The van der Waals surface area contributed by atoms with Gasteiger partial charge in [-0.2, -0.15) is 8.78 Å². The van der Waals surface area contributed by atoms with E-state index < -0.39 is 6.61 Å². The maximum absolute atomic E-state index is 11.7. The number of alkyl halides is 2. The van der Waals surface area contributed by atoms with Crippen molar-refractivity contribution in [1.29, 1.82) is 0 Å². The summed E-state index contributed by atoms with van der Waals surface area (Å²) >= 11 is 5.47. The van der Waals surface area contributed by atoms with Gasteiger partial charge in [0.2, 0.25) is 0 Å². The van der Waals surface area contributed by atoms with E-state index >= 15 is 0 Å². The smallest absolute Gasteiger partial charge is 0.387 e. The first-order valence-electron chi connectivity index (χ1n) is 3.34. The summed E-state index contributed by atoms with van der Waals surface area (Å²) in [5.74, 6) is -0.112. The third-order valence-corrected chi connectivity index (χ3v) is 1.40. The van der Waals surface area contributed by atoms with E-state index in [1.165, 1.54) is 6.07 Å². The fraction of sp³-hybridized carbons (Fsp3) is 0.286. The van der Waals surface area contributed by atoms with Crippen molar-refractivity contribution in [2.24, 2.45) is 0 Å². The lowest BCUT2D eigenvalue weighted by Crippen LogP contribution is -2.03. The molecule has 1 aromatic rings. The molecule has 0 aliphatic rings. The van der Waals surface area contributed by atoms with Crippen molar-refractivity contribution in [1.82, 2.24) is 4.98 Å². The Kier molecular flexibility index (Phi) is 3.39. The number of hydrogen-bond donors (Lipinski definition) is 1. The van der Waals surface area contributed by atoms with Crippen LogP contribution in [0.5, 0.6) is 5.75 Å². The molecule has 1 rings (SSSR count). The second-order valence-electron chi connectivity index (χ2n) is 2.15. The second-order valence-corrected chi connectivity index (χ2v) is 2.54. The summed E-state index contributed by atoms with van der Waals surface area (Å²) in [6.07, 6.45) is 0. The highest BCUT2D eigenvalue weighted by atomic mass is 35.5. The lowest BCUT2D eigenvalue weighted by molar-refractivity contribution is -0.0499. The molecule has 0 spiro atoms. The van der Waals surface area contributed by atoms with Crippen molar-refractivity contribution in [2.75, 3.05) is 0 Å². The van der Waals surface area contributed by atoms with E-state index in [1.807, 2.05) is 0 Å². The standard InChI is InChI=1S/C7H6ClF2NO2/c8-6-2-5(13-7(9)10)1-4(3-12)11-6/h1-2,7,12H,3H2. The molecule has 1 N–H and O–H groups in total. The molecule has 3 nitrogen and oxygen atoms in total. The van der Waals surface area contributed by atoms with E-state index in [9.17, 15) is 8.78 Å². The average molecular weight is 210 g/mol. The SMILES string of the molecule is OCc1cc(OC(F)F)cc(Cl)n1. The molecule has 0 aromatic carbocycles. The first kappa shape index (κ1) is 10.1. The summed E-state index contributed by atoms with van der Waals surface area (Å²) in [6, 6.07) is 2.34. The van der Waals surface area contributed by atoms with Crippen molar-refractivity contribution in [3.05, 3.63) is 23.0 Å². The third kappa shape index (κ3) is 3.12. The number of aromatic nitrogens is 1. The van der Waals surface area contributed by atoms with Gasteiger partial charge >= 0.3 is 6.61 Å². The van der Waals surface area contributed by atoms with Gasteiger partial charge in [0.05, 0.1) is 12.3 Å². The predicted octanol–water partition coefficient (Wildman–Crippen LogP) is 1.83. The molecule has 6 heteroatoms. The Morgan fingerprint density at radius 3 is 2.77 bits per heavy atom. The molecule has 13 heavy (non-hydrogen) atoms. The number of rotatable bonds is 3. The van der Waals surface area contributed by atoms with Crippen molar-refractivity contribution >= 4 is 11.6 Å². The molecule has 0 aliphatic carbocycles. The van der Waals surface area contributed by atoms with Gasteiger partial charge in [-0.15, -0.1) is 0 Å². The number of aliphatic hydroxyl groups excluding tert-OH is 1. The molecule has 0 saturated carbocycles. The van der Waals surface area contributed by atoms with Gasteiger partial charge in [-0.25, -0.2) is 4.98 Å². The zero-order valence-electron chi connectivity index (χ0n) is 6.38. The van der Waals surface area contributed by atoms with Crippen LogP contribution in [-0.4, -0.2) is 16.7 Å². The summed E-state index contributed by atoms with van der Waals surface area (Å²) in [5.41, 5.74) is 0.183. The number of aliphatic hydroxyl groups is 1. The highest BCUT2D eigenvalue weighted by Crippen LogP contribution is 2.19. The lowest BCUT2D eigenvalue weighted by Gasteiger charge is -2.05. The Labute approximate surface area is 77.9 Å². The molecule has 0 bridgehead atoms. The van der Waals surface area contributed by atoms with E-state index in [1.54, 1.807) is 0 Å². The van der Waals surface area contributed by atoms with Gasteiger partial charge in [0.25, 0.3) is 0 Å². The van der Waals surface area contributed by atoms with Crippen LogP contribution in [0.15, 0.2) is 12.1 Å². The van der Waals surface area contributed by atoms with Gasteiger partial charge < -0.3 is 9.84 Å². The number of hydrogen-bond acceptors (Lipinski definition) is 3. The Hall–Kier alpha value is -0.940. The minimum atomic E-state index is -2.91. The summed E-state index contributed by atoms with van der Waals surface area (Å²) in [4.78, 5) is 3.65. The number of halogens is 3. The zero-order chi connectivity index (χ0) is 9.84. The van der Waals surface area contributed by atoms with Crippen LogP contribution in [-0.2, 0) is 6.61 Å². The summed E-state index contributed by atoms with van der Waals surface area (Å²) < 4.78 is 27.5. The molecule has 1 heterocycles. The highest BCUT2D eigenvalue weighted by Gasteiger charge is 2.06. The van der Waals surface area contributed by atoms with Gasteiger partial charge in [0.15, 0.2) is 0 Å². The maximum Gasteiger partial charge on any atom is 0.387 e. The largest absolute Gasteiger partial charge is 0.435 e. The molecule has 0 aliphatic heterocycles. The van der Waals surface area contributed by atoms with Crippen LogP contribution < -0.4 is 4.74 Å². The third-order valence-electron chi connectivity index (χ3n) is 1.21. The Morgan fingerprint density at radius 2 is 2.23 bits per heavy atom. The number of nitrogens with zero attached hydrogens (tertiary/aromatic N) is 1. The van der Waals surface area contributed by atoms with Crippen molar-refractivity contribution in [2.45, 2.75) is 13.2 Å². The van der Waals surface area contributed by atoms with E-state index in [4.69, 9.17) is 16.7 Å². The molecule has 0 fully saturated rings. The van der Waals surface area contributed by atoms with Gasteiger partial charge in [-0.05, 0) is 0 Å². The Balaban J connectivity index is 2.88. The van der Waals surface area contributed by atoms with Crippen LogP contribution in [0.2, 0.25) is 5.15 Å². The molecule has 0 unspecified atom stereocenters. The quantitative estimate of drug-likeness (QED) is 0.773. The van der Waals surface area contributed by atoms with E-state index in [2.05, 4.69) is 9.72 Å². The van der Waals surface area contributed by atoms with Gasteiger partial charge in [0, 0.05) is 12.1 Å². The first-order valence-corrected chi connectivity index (χ1v) is 3.71. The summed E-state index contributed by atoms with van der Waals surface area (Å²) in [6.45, 7) is -3.29. The van der Waals surface area contributed by atoms with Gasteiger partial charge in [-0.3, -0.25) is 0 Å². The average Bonchev–Trinajstić information content (AvgIpc) is 2.01. The fourth-order valence-electron chi connectivity index (χ4n) is 0.777. The van der Waals surface area contributed by atoms with Crippen LogP contribution in [0.4, 0.5) is 8.78 Å². The van der Waals surface area contributed by atoms with Crippen molar-refractivity contribution in [3.8, 4) is 5.75 Å². The van der Waals surface area contributed by atoms with Crippen LogP contribution in [0.3, 0.4) is 0 Å². The Morgan fingerprint density at radius 1 is 1.54 bits per heavy atom. The second kappa shape index (κ2) is 4.34. The molecule has 72 valence electrons. The molecular formula is C7H6ClF2NO2. The molecule has 1 aromatic heterocycles. The highest BCUT2D eigenvalue weighted by molar-refractivity contribution is 6.29. The van der Waals surface area contributed by atoms with Crippen molar-refractivity contribution in [3.63, 3.8) is 0 Å². The molecule has 0 amide bonds. The van der Waals surface area contributed by atoms with Gasteiger partial charge in [-0.1, -0.05) is 11.6 Å². The van der Waals surface area contributed by atoms with E-state index in [0.29, 0.717) is 0 Å². The van der Waals surface area contributed by atoms with Crippen LogP contribution in [0, 0.1) is 0 Å². The monoisotopic (exact) mass is 209 g/mol. The maximum atomic E-state index is 11.7. The molecule has 0 radical (unpaired) electrons. The van der Waals surface area contributed by atoms with Crippen LogP contribution >= 0.6 is 11.6 Å². The van der Waals surface area contributed by atoms with Gasteiger partial charge in [0.1, 0.15) is 10.9 Å². The van der Waals surface area contributed by atoms with Crippen LogP contribution in [0.1, 0.15) is 5.69 Å². The molecular weight excluding hydrogens is 204 g/mol. The topological polar surface area (TPSA) is 42.4 Å². The van der Waals surface area contributed by atoms with E-state index in [0.717, 1.165) is 6.07 Å². The summed E-state index contributed by atoms with van der Waals surface area (Å²) in [7, 11) is 0. The molecule has 0 saturated heterocycles. The number of ether oxygens (including phenoxy) is 1. The zero-order valence-corrected chi connectivity index (χ0v) is 7.13. The van der Waals surface area contributed by atoms with E-state index in [-0.39, 0.29) is 23.2 Å². The first-order chi connectivity index (χ1) is 6.11. The minimum Gasteiger partial charge on any atom is -0.435 e. The Bertz CT molecular complexity index is 296. The van der Waals surface area contributed by atoms with Crippen LogP contribution in [0.25, 0.3) is 0 Å². The fourth-order valence-corrected chi connectivity index (χ4v) is 0.993. The number of pyridine rings is 1.